The molecule has 62 heavy (non-hydrogen) atoms. The Balaban J connectivity index is 1.16. The van der Waals surface area contributed by atoms with E-state index in [-0.39, 0.29) is 33.0 Å². The number of rotatable bonds is 18. The van der Waals surface area contributed by atoms with Gasteiger partial charge in [0.05, 0.1) is 39.6 Å². The number of fused-ring (bicyclic) bond motifs is 1. The molecule has 12 nitrogen and oxygen atoms in total. The van der Waals surface area contributed by atoms with E-state index in [0.29, 0.717) is 6.61 Å². The monoisotopic (exact) mass is 846 g/mol. The van der Waals surface area contributed by atoms with Gasteiger partial charge in [0.25, 0.3) is 0 Å². The van der Waals surface area contributed by atoms with E-state index in [1.807, 2.05) is 152 Å². The summed E-state index contributed by atoms with van der Waals surface area (Å²) in [5, 5.41) is 0. The molecule has 3 heterocycles. The van der Waals surface area contributed by atoms with Crippen molar-refractivity contribution in [2.24, 2.45) is 0 Å². The summed E-state index contributed by atoms with van der Waals surface area (Å²) < 4.78 is 72.3. The van der Waals surface area contributed by atoms with E-state index in [0.717, 1.165) is 27.8 Å². The zero-order valence-electron chi connectivity index (χ0n) is 34.9. The smallest absolute Gasteiger partial charge is 0.303 e. The summed E-state index contributed by atoms with van der Waals surface area (Å²) in [6, 6.07) is 49.0. The maximum absolute atomic E-state index is 13.2. The maximum Gasteiger partial charge on any atom is 0.303 e. The Labute approximate surface area is 362 Å². The third-order valence-electron chi connectivity index (χ3n) is 11.0. The van der Waals surface area contributed by atoms with Crippen LogP contribution in [0.4, 0.5) is 0 Å². The third kappa shape index (κ3) is 11.4. The van der Waals surface area contributed by atoms with Gasteiger partial charge < -0.3 is 52.1 Å². The lowest BCUT2D eigenvalue weighted by Gasteiger charge is -2.51. The van der Waals surface area contributed by atoms with Crippen molar-refractivity contribution < 1.29 is 56.9 Å². The molecule has 8 rings (SSSR count). The predicted molar refractivity (Wildman–Crippen MR) is 226 cm³/mol. The van der Waals surface area contributed by atoms with Crippen LogP contribution in [0.1, 0.15) is 41.0 Å². The quantitative estimate of drug-likeness (QED) is 0.0814. The van der Waals surface area contributed by atoms with Crippen LogP contribution in [-0.2, 0) is 83.3 Å². The molecule has 3 aliphatic heterocycles. The van der Waals surface area contributed by atoms with Crippen molar-refractivity contribution in [3.8, 4) is 0 Å². The van der Waals surface area contributed by atoms with E-state index < -0.39 is 73.7 Å². The molecule has 0 saturated carbocycles. The standard InChI is InChI=1S/C50H54O12/c1-34(51)58-47-44(55-30-37-22-12-5-13-23-37)42(54-29-36-20-10-4-11-21-36)40(32-53-28-35-18-8-3-9-19-35)60-50(47)62-45-43-41(33-57-48(61-43)39-26-16-7-17-27-39)59-49(52-2)46(45)56-31-38-24-14-6-15-25-38/h3-27,40-50H,28-33H2,1-2H3/t40?,41?,42-,43-,44?,45?,46?,47?,48?,49-,50-/m1/s1. The molecule has 0 aliphatic carbocycles. The van der Waals surface area contributed by atoms with E-state index in [4.69, 9.17) is 52.1 Å². The highest BCUT2D eigenvalue weighted by atomic mass is 16.8. The van der Waals surface area contributed by atoms with Crippen molar-refractivity contribution in [1.29, 1.82) is 0 Å². The first-order valence-electron chi connectivity index (χ1n) is 21.1. The second-order valence-corrected chi connectivity index (χ2v) is 15.5. The summed E-state index contributed by atoms with van der Waals surface area (Å²) >= 11 is 0. The van der Waals surface area contributed by atoms with Gasteiger partial charge in [0.15, 0.2) is 25.0 Å². The highest BCUT2D eigenvalue weighted by Crippen LogP contribution is 2.40. The zero-order chi connectivity index (χ0) is 42.5. The highest BCUT2D eigenvalue weighted by molar-refractivity contribution is 5.66. The summed E-state index contributed by atoms with van der Waals surface area (Å²) in [6.07, 6.45) is -9.50. The van der Waals surface area contributed by atoms with E-state index in [1.165, 1.54) is 6.92 Å². The Kier molecular flexibility index (Phi) is 15.5. The lowest BCUT2D eigenvalue weighted by atomic mass is 9.95. The zero-order valence-corrected chi connectivity index (χ0v) is 34.9. The van der Waals surface area contributed by atoms with Gasteiger partial charge in [0, 0.05) is 19.6 Å². The molecule has 0 N–H and O–H groups in total. The first-order valence-corrected chi connectivity index (χ1v) is 21.1. The third-order valence-corrected chi connectivity index (χ3v) is 11.0. The van der Waals surface area contributed by atoms with Crippen LogP contribution < -0.4 is 0 Å². The Morgan fingerprint density at radius 3 is 1.58 bits per heavy atom. The summed E-state index contributed by atoms with van der Waals surface area (Å²) in [7, 11) is 1.55. The average Bonchev–Trinajstić information content (AvgIpc) is 3.32. The second kappa shape index (κ2) is 22.0. The number of hydrogen-bond donors (Lipinski definition) is 0. The number of esters is 1. The average molecular weight is 847 g/mol. The number of benzene rings is 5. The summed E-state index contributed by atoms with van der Waals surface area (Å²) in [5.41, 5.74) is 4.63. The van der Waals surface area contributed by atoms with Crippen LogP contribution >= 0.6 is 0 Å². The van der Waals surface area contributed by atoms with Crippen molar-refractivity contribution in [2.75, 3.05) is 20.3 Å². The Bertz CT molecular complexity index is 2060. The maximum atomic E-state index is 13.2. The molecule has 326 valence electrons. The van der Waals surface area contributed by atoms with Crippen molar-refractivity contribution in [3.63, 3.8) is 0 Å². The predicted octanol–water partition coefficient (Wildman–Crippen LogP) is 7.49. The topological polar surface area (TPSA) is 119 Å². The van der Waals surface area contributed by atoms with Gasteiger partial charge in [-0.15, -0.1) is 0 Å². The van der Waals surface area contributed by atoms with Crippen LogP contribution in [-0.4, -0.2) is 87.7 Å². The van der Waals surface area contributed by atoms with Crippen molar-refractivity contribution in [3.05, 3.63) is 179 Å². The van der Waals surface area contributed by atoms with E-state index >= 15 is 0 Å². The molecule has 0 spiro atoms. The van der Waals surface area contributed by atoms with Gasteiger partial charge in [-0.25, -0.2) is 0 Å². The van der Waals surface area contributed by atoms with Crippen LogP contribution in [0.5, 0.6) is 0 Å². The van der Waals surface area contributed by atoms with Crippen LogP contribution in [0.25, 0.3) is 0 Å². The van der Waals surface area contributed by atoms with Gasteiger partial charge in [-0.3, -0.25) is 4.79 Å². The summed E-state index contributed by atoms with van der Waals surface area (Å²) in [5.74, 6) is -0.552. The molecule has 7 unspecified atom stereocenters. The fourth-order valence-electron chi connectivity index (χ4n) is 8.00. The molecule has 0 amide bonds. The van der Waals surface area contributed by atoms with Crippen molar-refractivity contribution >= 4 is 5.97 Å². The Morgan fingerprint density at radius 1 is 0.548 bits per heavy atom. The van der Waals surface area contributed by atoms with Gasteiger partial charge in [0.2, 0.25) is 0 Å². The molecule has 0 bridgehead atoms. The lowest BCUT2D eigenvalue weighted by molar-refractivity contribution is -0.397. The van der Waals surface area contributed by atoms with Crippen LogP contribution in [0.2, 0.25) is 0 Å². The number of ether oxygens (including phenoxy) is 11. The fourth-order valence-corrected chi connectivity index (χ4v) is 8.00. The number of carbonyl (C=O) groups is 1. The van der Waals surface area contributed by atoms with E-state index in [1.54, 1.807) is 7.11 Å². The first-order chi connectivity index (χ1) is 30.5. The molecule has 3 aliphatic rings. The van der Waals surface area contributed by atoms with Gasteiger partial charge in [0.1, 0.15) is 42.7 Å². The molecule has 3 saturated heterocycles. The number of methoxy groups -OCH3 is 1. The minimum Gasteiger partial charge on any atom is -0.454 e. The highest BCUT2D eigenvalue weighted by Gasteiger charge is 2.56. The Morgan fingerprint density at radius 2 is 1.05 bits per heavy atom. The molecule has 0 radical (unpaired) electrons. The molecule has 5 aromatic carbocycles. The molecular weight excluding hydrogens is 793 g/mol. The lowest BCUT2D eigenvalue weighted by Crippen LogP contribution is -2.67. The number of carbonyl (C=O) groups excluding carboxylic acids is 1. The van der Waals surface area contributed by atoms with Crippen LogP contribution in [0.15, 0.2) is 152 Å². The minimum atomic E-state index is -1.23. The first kappa shape index (κ1) is 43.8. The normalized spacial score (nSPS) is 28.5. The number of hydrogen-bond acceptors (Lipinski definition) is 12. The van der Waals surface area contributed by atoms with E-state index in [9.17, 15) is 4.79 Å². The second-order valence-electron chi connectivity index (χ2n) is 15.5. The largest absolute Gasteiger partial charge is 0.454 e. The molecule has 11 atom stereocenters. The minimum absolute atomic E-state index is 0.0983. The van der Waals surface area contributed by atoms with Crippen molar-refractivity contribution in [1.82, 2.24) is 0 Å². The Hall–Kier alpha value is -4.83. The van der Waals surface area contributed by atoms with Gasteiger partial charge >= 0.3 is 5.97 Å². The fraction of sp³-hybridized carbons (Fsp3) is 0.380. The SMILES string of the molecule is CO[C@@H]1OC2COC(c3ccccc3)O[C@H]2C(O[C@H]2OC(COCc3ccccc3)[C@@H](OCc3ccccc3)C(OCc3ccccc3)C2OC(C)=O)C1OCc1ccccc1. The van der Waals surface area contributed by atoms with E-state index in [2.05, 4.69) is 0 Å². The van der Waals surface area contributed by atoms with Gasteiger partial charge in [-0.2, -0.15) is 0 Å². The van der Waals surface area contributed by atoms with Gasteiger partial charge in [-0.1, -0.05) is 152 Å². The van der Waals surface area contributed by atoms with Crippen molar-refractivity contribution in [2.45, 2.75) is 101 Å². The van der Waals surface area contributed by atoms with Crippen LogP contribution in [0, 0.1) is 0 Å². The van der Waals surface area contributed by atoms with Gasteiger partial charge in [-0.05, 0) is 22.3 Å². The molecular formula is C50H54O12. The summed E-state index contributed by atoms with van der Waals surface area (Å²) in [4.78, 5) is 13.2. The molecule has 5 aromatic rings. The molecule has 0 aromatic heterocycles. The molecule has 3 fully saturated rings. The molecule has 12 heteroatoms. The summed E-state index contributed by atoms with van der Waals surface area (Å²) in [6.45, 7) is 2.60. The van der Waals surface area contributed by atoms with Crippen LogP contribution in [0.3, 0.4) is 0 Å².